The van der Waals surface area contributed by atoms with Gasteiger partial charge in [0.05, 0.1) is 6.04 Å². The van der Waals surface area contributed by atoms with Crippen molar-refractivity contribution in [3.05, 3.63) is 33.5 Å². The minimum absolute atomic E-state index is 0.0672. The molecule has 2 aromatic heterocycles. The summed E-state index contributed by atoms with van der Waals surface area (Å²) in [6, 6.07) is 4.16. The van der Waals surface area contributed by atoms with Crippen LogP contribution >= 0.6 is 11.3 Å². The molecule has 1 amide bonds. The molecule has 2 heterocycles. The van der Waals surface area contributed by atoms with Crippen LogP contribution in [0.2, 0.25) is 0 Å². The summed E-state index contributed by atoms with van der Waals surface area (Å²) in [4.78, 5) is 19.0. The first kappa shape index (κ1) is 15.7. The predicted octanol–water partition coefficient (Wildman–Crippen LogP) is 3.07. The summed E-state index contributed by atoms with van der Waals surface area (Å²) in [5.74, 6) is 1.50. The largest absolute Gasteiger partial charge is 0.346 e. The molecule has 5 nitrogen and oxygen atoms in total. The van der Waals surface area contributed by atoms with Crippen molar-refractivity contribution in [2.75, 3.05) is 0 Å². The van der Waals surface area contributed by atoms with Crippen LogP contribution in [0.25, 0.3) is 0 Å². The van der Waals surface area contributed by atoms with Crippen molar-refractivity contribution in [1.82, 2.24) is 20.5 Å². The van der Waals surface area contributed by atoms with Gasteiger partial charge in [0.15, 0.2) is 5.82 Å². The highest BCUT2D eigenvalue weighted by Crippen LogP contribution is 2.17. The van der Waals surface area contributed by atoms with Gasteiger partial charge in [-0.1, -0.05) is 6.92 Å². The van der Waals surface area contributed by atoms with Crippen LogP contribution in [0.15, 0.2) is 12.1 Å². The van der Waals surface area contributed by atoms with Crippen LogP contribution in [0.3, 0.4) is 0 Å². The quantitative estimate of drug-likeness (QED) is 0.826. The molecule has 2 aromatic rings. The molecule has 114 valence electrons. The average molecular weight is 306 g/mol. The molecule has 0 radical (unpaired) electrons. The summed E-state index contributed by atoms with van der Waals surface area (Å²) in [6.07, 6.45) is 3.15. The van der Waals surface area contributed by atoms with Gasteiger partial charge in [0.2, 0.25) is 5.91 Å². The molecule has 0 spiro atoms. The molecule has 0 bridgehead atoms. The van der Waals surface area contributed by atoms with E-state index >= 15 is 0 Å². The number of thiophene rings is 1. The lowest BCUT2D eigenvalue weighted by Crippen LogP contribution is -2.28. The first-order chi connectivity index (χ1) is 10.1. The van der Waals surface area contributed by atoms with E-state index in [0.29, 0.717) is 12.2 Å². The van der Waals surface area contributed by atoms with Crippen molar-refractivity contribution < 1.29 is 4.79 Å². The van der Waals surface area contributed by atoms with E-state index in [0.717, 1.165) is 25.1 Å². The molecule has 0 aliphatic carbocycles. The third kappa shape index (κ3) is 4.67. The molecule has 0 aliphatic rings. The lowest BCUT2D eigenvalue weighted by atomic mass is 10.1. The molecular formula is C15H22N4OS. The number of aryl methyl sites for hydroxylation is 3. The van der Waals surface area contributed by atoms with E-state index in [1.165, 1.54) is 9.75 Å². The number of amides is 1. The van der Waals surface area contributed by atoms with Gasteiger partial charge in [-0.05, 0) is 45.2 Å². The van der Waals surface area contributed by atoms with Crippen molar-refractivity contribution in [3.63, 3.8) is 0 Å². The number of aromatic nitrogens is 3. The maximum absolute atomic E-state index is 12.0. The molecule has 21 heavy (non-hydrogen) atoms. The van der Waals surface area contributed by atoms with Crippen molar-refractivity contribution in [2.45, 2.75) is 52.5 Å². The van der Waals surface area contributed by atoms with E-state index < -0.39 is 0 Å². The molecule has 6 heteroatoms. The Kier molecular flexibility index (Phi) is 5.50. The lowest BCUT2D eigenvalue weighted by molar-refractivity contribution is -0.122. The molecule has 0 saturated carbocycles. The van der Waals surface area contributed by atoms with E-state index in [1.807, 2.05) is 13.8 Å². The van der Waals surface area contributed by atoms with E-state index in [-0.39, 0.29) is 11.9 Å². The van der Waals surface area contributed by atoms with Crippen LogP contribution in [0.1, 0.15) is 53.6 Å². The Hall–Kier alpha value is -1.69. The first-order valence-electron chi connectivity index (χ1n) is 7.32. The van der Waals surface area contributed by atoms with Crippen LogP contribution in [0.5, 0.6) is 0 Å². The maximum Gasteiger partial charge on any atom is 0.220 e. The number of nitrogens with one attached hydrogen (secondary N) is 2. The van der Waals surface area contributed by atoms with E-state index in [2.05, 4.69) is 39.6 Å². The van der Waals surface area contributed by atoms with Gasteiger partial charge in [0.1, 0.15) is 5.82 Å². The fraction of sp³-hybridized carbons (Fsp3) is 0.533. The number of carbonyl (C=O) groups is 1. The second-order valence-electron chi connectivity index (χ2n) is 5.17. The topological polar surface area (TPSA) is 70.7 Å². The van der Waals surface area contributed by atoms with Crippen molar-refractivity contribution >= 4 is 17.2 Å². The summed E-state index contributed by atoms with van der Waals surface area (Å²) in [5.41, 5.74) is 0. The molecule has 0 aromatic carbocycles. The van der Waals surface area contributed by atoms with Gasteiger partial charge in [-0.3, -0.25) is 9.89 Å². The minimum Gasteiger partial charge on any atom is -0.346 e. The highest BCUT2D eigenvalue weighted by molar-refractivity contribution is 7.11. The van der Waals surface area contributed by atoms with Crippen LogP contribution < -0.4 is 5.32 Å². The monoisotopic (exact) mass is 306 g/mol. The van der Waals surface area contributed by atoms with Crippen LogP contribution in [0, 0.1) is 13.8 Å². The highest BCUT2D eigenvalue weighted by atomic mass is 32.1. The molecule has 0 saturated heterocycles. The minimum atomic E-state index is -0.105. The smallest absolute Gasteiger partial charge is 0.220 e. The Morgan fingerprint density at radius 2 is 2.24 bits per heavy atom. The van der Waals surface area contributed by atoms with Gasteiger partial charge < -0.3 is 5.32 Å². The third-order valence-corrected chi connectivity index (χ3v) is 4.35. The lowest BCUT2D eigenvalue weighted by Gasteiger charge is -2.13. The first-order valence-corrected chi connectivity index (χ1v) is 8.13. The number of rotatable bonds is 7. The van der Waals surface area contributed by atoms with E-state index in [4.69, 9.17) is 0 Å². The standard InChI is InChI=1S/C15H22N4OS/c1-4-13(15-16-11(3)18-19-15)17-14(20)7-5-6-12-9-8-10(2)21-12/h8-9,13H,4-7H2,1-3H3,(H,17,20)(H,16,18,19)/t13-/m1/s1. The molecule has 2 rings (SSSR count). The van der Waals surface area contributed by atoms with Crippen LogP contribution in [-0.4, -0.2) is 21.1 Å². The summed E-state index contributed by atoms with van der Waals surface area (Å²) >= 11 is 1.80. The predicted molar refractivity (Wildman–Crippen MR) is 84.3 cm³/mol. The molecule has 2 N–H and O–H groups in total. The molecule has 0 fully saturated rings. The SMILES string of the molecule is CC[C@@H](NC(=O)CCCc1ccc(C)s1)c1n[nH]c(C)n1. The van der Waals surface area contributed by atoms with E-state index in [9.17, 15) is 4.79 Å². The second kappa shape index (κ2) is 7.36. The normalized spacial score (nSPS) is 12.3. The van der Waals surface area contributed by atoms with E-state index in [1.54, 1.807) is 11.3 Å². The number of aromatic amines is 1. The average Bonchev–Trinajstić information content (AvgIpc) is 3.05. The van der Waals surface area contributed by atoms with Gasteiger partial charge in [0, 0.05) is 16.2 Å². The number of H-pyrrole nitrogens is 1. The Balaban J connectivity index is 1.77. The van der Waals surface area contributed by atoms with Gasteiger partial charge in [-0.2, -0.15) is 5.10 Å². The number of hydrogen-bond donors (Lipinski definition) is 2. The van der Waals surface area contributed by atoms with Crippen LogP contribution in [0.4, 0.5) is 0 Å². The van der Waals surface area contributed by atoms with Gasteiger partial charge in [-0.15, -0.1) is 11.3 Å². The van der Waals surface area contributed by atoms with Gasteiger partial charge in [0.25, 0.3) is 0 Å². The van der Waals surface area contributed by atoms with Crippen molar-refractivity contribution in [2.24, 2.45) is 0 Å². The molecule has 0 unspecified atom stereocenters. The zero-order chi connectivity index (χ0) is 15.2. The number of carbonyl (C=O) groups excluding carboxylic acids is 1. The molecular weight excluding hydrogens is 284 g/mol. The third-order valence-electron chi connectivity index (χ3n) is 3.29. The Labute approximate surface area is 129 Å². The van der Waals surface area contributed by atoms with Crippen molar-refractivity contribution in [3.8, 4) is 0 Å². The Morgan fingerprint density at radius 3 is 2.81 bits per heavy atom. The fourth-order valence-electron chi connectivity index (χ4n) is 2.17. The second-order valence-corrected chi connectivity index (χ2v) is 6.55. The molecule has 0 aliphatic heterocycles. The van der Waals surface area contributed by atoms with Gasteiger partial charge >= 0.3 is 0 Å². The summed E-state index contributed by atoms with van der Waals surface area (Å²) in [6.45, 7) is 5.98. The summed E-state index contributed by atoms with van der Waals surface area (Å²) < 4.78 is 0. The summed E-state index contributed by atoms with van der Waals surface area (Å²) in [7, 11) is 0. The fourth-order valence-corrected chi connectivity index (χ4v) is 3.11. The van der Waals surface area contributed by atoms with Crippen molar-refractivity contribution in [1.29, 1.82) is 0 Å². The zero-order valence-corrected chi connectivity index (χ0v) is 13.6. The zero-order valence-electron chi connectivity index (χ0n) is 12.8. The maximum atomic E-state index is 12.0. The number of hydrogen-bond acceptors (Lipinski definition) is 4. The highest BCUT2D eigenvalue weighted by Gasteiger charge is 2.16. The van der Waals surface area contributed by atoms with Crippen LogP contribution in [-0.2, 0) is 11.2 Å². The van der Waals surface area contributed by atoms with Gasteiger partial charge in [-0.25, -0.2) is 4.98 Å². The number of nitrogens with zero attached hydrogens (tertiary/aromatic N) is 2. The summed E-state index contributed by atoms with van der Waals surface area (Å²) in [5, 5.41) is 9.94. The molecule has 1 atom stereocenters. The Morgan fingerprint density at radius 1 is 1.43 bits per heavy atom. The Bertz CT molecular complexity index is 590.